The van der Waals surface area contributed by atoms with Crippen molar-refractivity contribution in [2.24, 2.45) is 0 Å². The third-order valence-electron chi connectivity index (χ3n) is 3.57. The van der Waals surface area contributed by atoms with Crippen molar-refractivity contribution in [3.63, 3.8) is 0 Å². The Morgan fingerprint density at radius 3 is 2.62 bits per heavy atom. The summed E-state index contributed by atoms with van der Waals surface area (Å²) < 4.78 is 27.0. The van der Waals surface area contributed by atoms with Crippen LogP contribution in [0.15, 0.2) is 29.2 Å². The molecule has 2 N–H and O–H groups in total. The van der Waals surface area contributed by atoms with E-state index < -0.39 is 23.2 Å². The molecule has 1 aliphatic rings. The number of carbonyl (C=O) groups is 1. The molecule has 0 spiro atoms. The number of pyridine rings is 1. The molecule has 0 saturated carbocycles. The van der Waals surface area contributed by atoms with Crippen LogP contribution in [0.1, 0.15) is 28.0 Å². The molecule has 1 heterocycles. The number of halogens is 2. The molecule has 0 unspecified atom stereocenters. The first-order chi connectivity index (χ1) is 10.1. The summed E-state index contributed by atoms with van der Waals surface area (Å²) in [6, 6.07) is 3.26. The second-order valence-corrected chi connectivity index (χ2v) is 4.89. The average molecular weight is 290 g/mol. The molecule has 6 heteroatoms. The van der Waals surface area contributed by atoms with Crippen molar-refractivity contribution in [3.05, 3.63) is 63.1 Å². The lowest BCUT2D eigenvalue weighted by Gasteiger charge is -2.08. The fraction of sp³-hybridized carbons (Fsp3) is 0.200. The highest BCUT2D eigenvalue weighted by atomic mass is 19.1. The van der Waals surface area contributed by atoms with E-state index in [1.165, 1.54) is 12.3 Å². The van der Waals surface area contributed by atoms with Crippen LogP contribution in [0.4, 0.5) is 14.5 Å². The SMILES string of the molecule is O=C(Nc1c(F)cccc1F)c1c[nH]c2c(c1=O)CCC2. The molecule has 1 amide bonds. The molecule has 21 heavy (non-hydrogen) atoms. The fourth-order valence-electron chi connectivity index (χ4n) is 2.51. The van der Waals surface area contributed by atoms with Crippen molar-refractivity contribution in [2.45, 2.75) is 19.3 Å². The first-order valence-corrected chi connectivity index (χ1v) is 6.56. The maximum Gasteiger partial charge on any atom is 0.261 e. The fourth-order valence-corrected chi connectivity index (χ4v) is 2.51. The summed E-state index contributed by atoms with van der Waals surface area (Å²) in [6.07, 6.45) is 3.53. The molecule has 0 atom stereocenters. The number of fused-ring (bicyclic) bond motifs is 1. The zero-order valence-corrected chi connectivity index (χ0v) is 11.0. The van der Waals surface area contributed by atoms with Crippen LogP contribution in [0.25, 0.3) is 0 Å². The standard InChI is InChI=1S/C15H12F2N2O2/c16-10-4-2-5-11(17)13(10)19-15(21)9-7-18-12-6-1-3-8(12)14(9)20/h2,4-5,7H,1,3,6H2,(H,18,20)(H,19,21). The van der Waals surface area contributed by atoms with Gasteiger partial charge in [0.2, 0.25) is 0 Å². The number of para-hydroxylation sites is 1. The van der Waals surface area contributed by atoms with Crippen molar-refractivity contribution >= 4 is 11.6 Å². The molecular weight excluding hydrogens is 278 g/mol. The number of aryl methyl sites for hydroxylation is 1. The highest BCUT2D eigenvalue weighted by molar-refractivity contribution is 6.04. The Bertz CT molecular complexity index is 763. The number of anilines is 1. The van der Waals surface area contributed by atoms with E-state index in [2.05, 4.69) is 10.3 Å². The minimum absolute atomic E-state index is 0.140. The Balaban J connectivity index is 1.95. The van der Waals surface area contributed by atoms with E-state index in [0.717, 1.165) is 30.7 Å². The van der Waals surface area contributed by atoms with E-state index in [0.29, 0.717) is 12.0 Å². The number of hydrogen-bond donors (Lipinski definition) is 2. The van der Waals surface area contributed by atoms with Crippen molar-refractivity contribution in [1.29, 1.82) is 0 Å². The normalized spacial score (nSPS) is 13.0. The Hall–Kier alpha value is -2.50. The molecule has 0 saturated heterocycles. The lowest BCUT2D eigenvalue weighted by atomic mass is 10.1. The van der Waals surface area contributed by atoms with E-state index in [4.69, 9.17) is 0 Å². The van der Waals surface area contributed by atoms with E-state index >= 15 is 0 Å². The first kappa shape index (κ1) is 13.5. The number of hydrogen-bond acceptors (Lipinski definition) is 2. The Morgan fingerprint density at radius 1 is 1.19 bits per heavy atom. The van der Waals surface area contributed by atoms with Crippen molar-refractivity contribution in [3.8, 4) is 0 Å². The van der Waals surface area contributed by atoms with E-state index in [-0.39, 0.29) is 11.0 Å². The molecule has 2 aromatic rings. The van der Waals surface area contributed by atoms with Crippen LogP contribution in [-0.4, -0.2) is 10.9 Å². The zero-order chi connectivity index (χ0) is 15.0. The molecule has 3 rings (SSSR count). The lowest BCUT2D eigenvalue weighted by Crippen LogP contribution is -2.25. The molecular formula is C15H12F2N2O2. The van der Waals surface area contributed by atoms with Gasteiger partial charge in [0.25, 0.3) is 5.91 Å². The number of rotatable bonds is 2. The smallest absolute Gasteiger partial charge is 0.261 e. The van der Waals surface area contributed by atoms with E-state index in [1.807, 2.05) is 0 Å². The highest BCUT2D eigenvalue weighted by Crippen LogP contribution is 2.20. The van der Waals surface area contributed by atoms with Crippen LogP contribution in [0.2, 0.25) is 0 Å². The molecule has 0 aliphatic heterocycles. The number of carbonyl (C=O) groups excluding carboxylic acids is 1. The minimum atomic E-state index is -0.888. The van der Waals surface area contributed by atoms with Crippen molar-refractivity contribution < 1.29 is 13.6 Å². The number of H-pyrrole nitrogens is 1. The second kappa shape index (κ2) is 5.12. The van der Waals surface area contributed by atoms with Gasteiger partial charge in [0.05, 0.1) is 0 Å². The number of benzene rings is 1. The molecule has 1 aromatic carbocycles. The average Bonchev–Trinajstić information content (AvgIpc) is 2.92. The van der Waals surface area contributed by atoms with Gasteiger partial charge in [0.1, 0.15) is 22.9 Å². The van der Waals surface area contributed by atoms with Crippen LogP contribution in [-0.2, 0) is 12.8 Å². The zero-order valence-electron chi connectivity index (χ0n) is 11.0. The molecule has 0 fully saturated rings. The van der Waals surface area contributed by atoms with Crippen LogP contribution < -0.4 is 10.7 Å². The van der Waals surface area contributed by atoms with Gasteiger partial charge in [-0.3, -0.25) is 9.59 Å². The first-order valence-electron chi connectivity index (χ1n) is 6.56. The molecule has 0 radical (unpaired) electrons. The predicted octanol–water partition coefficient (Wildman–Crippen LogP) is 2.39. The van der Waals surface area contributed by atoms with Gasteiger partial charge < -0.3 is 10.3 Å². The third kappa shape index (κ3) is 2.33. The van der Waals surface area contributed by atoms with Crippen molar-refractivity contribution in [2.75, 3.05) is 5.32 Å². The summed E-state index contributed by atoms with van der Waals surface area (Å²) in [7, 11) is 0. The van der Waals surface area contributed by atoms with Gasteiger partial charge in [-0.15, -0.1) is 0 Å². The molecule has 108 valence electrons. The van der Waals surface area contributed by atoms with Gasteiger partial charge in [0.15, 0.2) is 5.43 Å². The summed E-state index contributed by atoms with van der Waals surface area (Å²) >= 11 is 0. The molecule has 1 aromatic heterocycles. The largest absolute Gasteiger partial charge is 0.364 e. The van der Waals surface area contributed by atoms with Crippen LogP contribution in [0, 0.1) is 11.6 Å². The van der Waals surface area contributed by atoms with E-state index in [1.54, 1.807) is 0 Å². The number of aromatic amines is 1. The van der Waals surface area contributed by atoms with Crippen LogP contribution in [0.3, 0.4) is 0 Å². The summed E-state index contributed by atoms with van der Waals surface area (Å²) in [6.45, 7) is 0. The van der Waals surface area contributed by atoms with Gasteiger partial charge in [0, 0.05) is 17.5 Å². The quantitative estimate of drug-likeness (QED) is 0.892. The molecule has 0 bridgehead atoms. The molecule has 1 aliphatic carbocycles. The third-order valence-corrected chi connectivity index (χ3v) is 3.57. The molecule has 4 nitrogen and oxygen atoms in total. The maximum absolute atomic E-state index is 13.5. The number of nitrogens with one attached hydrogen (secondary N) is 2. The summed E-state index contributed by atoms with van der Waals surface area (Å²) in [5.74, 6) is -2.60. The Kier molecular flexibility index (Phi) is 3.29. The summed E-state index contributed by atoms with van der Waals surface area (Å²) in [5.41, 5.74) is 0.335. The minimum Gasteiger partial charge on any atom is -0.364 e. The topological polar surface area (TPSA) is 62.0 Å². The van der Waals surface area contributed by atoms with E-state index in [9.17, 15) is 18.4 Å². The van der Waals surface area contributed by atoms with Gasteiger partial charge in [-0.2, -0.15) is 0 Å². The number of amides is 1. The van der Waals surface area contributed by atoms with Gasteiger partial charge in [-0.05, 0) is 31.4 Å². The predicted molar refractivity (Wildman–Crippen MR) is 73.4 cm³/mol. The summed E-state index contributed by atoms with van der Waals surface area (Å²) in [4.78, 5) is 27.2. The maximum atomic E-state index is 13.5. The highest BCUT2D eigenvalue weighted by Gasteiger charge is 2.21. The van der Waals surface area contributed by atoms with Crippen LogP contribution in [0.5, 0.6) is 0 Å². The van der Waals surface area contributed by atoms with Crippen LogP contribution >= 0.6 is 0 Å². The number of aromatic nitrogens is 1. The van der Waals surface area contributed by atoms with Gasteiger partial charge in [-0.1, -0.05) is 6.07 Å². The second-order valence-electron chi connectivity index (χ2n) is 4.89. The lowest BCUT2D eigenvalue weighted by molar-refractivity contribution is 0.102. The van der Waals surface area contributed by atoms with Gasteiger partial charge in [-0.25, -0.2) is 8.78 Å². The van der Waals surface area contributed by atoms with Gasteiger partial charge >= 0.3 is 0 Å². The Morgan fingerprint density at radius 2 is 1.90 bits per heavy atom. The summed E-state index contributed by atoms with van der Waals surface area (Å²) in [5, 5.41) is 2.12. The monoisotopic (exact) mass is 290 g/mol. The van der Waals surface area contributed by atoms with Crippen molar-refractivity contribution in [1.82, 2.24) is 4.98 Å². The Labute approximate surface area is 118 Å².